The lowest BCUT2D eigenvalue weighted by atomic mass is 9.98. The van der Waals surface area contributed by atoms with Gasteiger partial charge < -0.3 is 29.2 Å². The molecule has 3 rings (SSSR count). The van der Waals surface area contributed by atoms with Crippen LogP contribution in [0.25, 0.3) is 10.4 Å². The number of ether oxygens (including phenoxy) is 4. The Labute approximate surface area is 180 Å². The average Bonchev–Trinajstić information content (AvgIpc) is 2.82. The lowest BCUT2D eigenvalue weighted by Crippen LogP contribution is -2.60. The van der Waals surface area contributed by atoms with Gasteiger partial charge in [-0.3, -0.25) is 0 Å². The summed E-state index contributed by atoms with van der Waals surface area (Å²) in [6.45, 7) is 0.233. The number of aliphatic hydroxyl groups excluding tert-OH is 2. The van der Waals surface area contributed by atoms with Crippen LogP contribution in [0.5, 0.6) is 0 Å². The summed E-state index contributed by atoms with van der Waals surface area (Å²) in [6, 6.07) is 17.0. The number of azide groups is 1. The summed E-state index contributed by atoms with van der Waals surface area (Å²) in [5, 5.41) is 24.0. The molecule has 0 aliphatic carbocycles. The van der Waals surface area contributed by atoms with Crippen LogP contribution in [0.15, 0.2) is 59.7 Å². The molecule has 2 aromatic carbocycles. The minimum Gasteiger partial charge on any atom is -0.394 e. The van der Waals surface area contributed by atoms with Gasteiger partial charge in [-0.15, -0.1) is 0 Å². The second kappa shape index (κ2) is 11.8. The van der Waals surface area contributed by atoms with Gasteiger partial charge in [0.1, 0.15) is 24.4 Å². The third-order valence-electron chi connectivity index (χ3n) is 5.17. The van der Waals surface area contributed by atoms with Gasteiger partial charge in [0.05, 0.1) is 26.4 Å². The Hall–Kier alpha value is -2.49. The van der Waals surface area contributed by atoms with Crippen LogP contribution in [0.4, 0.5) is 0 Å². The molecule has 1 fully saturated rings. The van der Waals surface area contributed by atoms with E-state index in [4.69, 9.17) is 24.5 Å². The standard InChI is InChI=1S/C22H27N3O6/c1-28-22-21(29-13-15-7-3-2-4-8-15)20(19(27)18(12-26)31-22)30-14-17-10-6-5-9-16(17)11-24-25-23/h2-10,18-22,26-27H,11-14H2,1H3/t18-,19-,20+,21-,22+/m1/s1. The maximum absolute atomic E-state index is 10.8. The van der Waals surface area contributed by atoms with E-state index in [-0.39, 0.29) is 26.4 Å². The first-order valence-corrected chi connectivity index (χ1v) is 10.00. The van der Waals surface area contributed by atoms with Gasteiger partial charge in [-0.05, 0) is 22.2 Å². The quantitative estimate of drug-likeness (QED) is 0.340. The van der Waals surface area contributed by atoms with Crippen molar-refractivity contribution in [2.24, 2.45) is 5.11 Å². The molecular weight excluding hydrogens is 402 g/mol. The average molecular weight is 429 g/mol. The third kappa shape index (κ3) is 6.03. The molecule has 0 bridgehead atoms. The monoisotopic (exact) mass is 429 g/mol. The first-order chi connectivity index (χ1) is 15.2. The first-order valence-electron chi connectivity index (χ1n) is 10.00. The lowest BCUT2D eigenvalue weighted by molar-refractivity contribution is -0.314. The third-order valence-corrected chi connectivity index (χ3v) is 5.17. The molecule has 1 heterocycles. The molecule has 2 aromatic rings. The van der Waals surface area contributed by atoms with E-state index in [9.17, 15) is 10.2 Å². The fraction of sp³-hybridized carbons (Fsp3) is 0.455. The minimum atomic E-state index is -1.12. The number of rotatable bonds is 10. The Bertz CT molecular complexity index is 861. The molecule has 0 spiro atoms. The van der Waals surface area contributed by atoms with Crippen LogP contribution in [-0.4, -0.2) is 54.6 Å². The molecule has 0 amide bonds. The van der Waals surface area contributed by atoms with Crippen molar-refractivity contribution in [1.29, 1.82) is 0 Å². The number of nitrogens with zero attached hydrogens (tertiary/aromatic N) is 3. The summed E-state index contributed by atoms with van der Waals surface area (Å²) >= 11 is 0. The predicted molar refractivity (Wildman–Crippen MR) is 112 cm³/mol. The second-order valence-electron chi connectivity index (χ2n) is 7.15. The molecule has 5 atom stereocenters. The molecule has 0 radical (unpaired) electrons. The van der Waals surface area contributed by atoms with Crippen LogP contribution in [0.2, 0.25) is 0 Å². The molecule has 1 aliphatic rings. The van der Waals surface area contributed by atoms with Crippen molar-refractivity contribution in [3.63, 3.8) is 0 Å². The van der Waals surface area contributed by atoms with Crippen LogP contribution < -0.4 is 0 Å². The molecule has 1 aliphatic heterocycles. The van der Waals surface area contributed by atoms with Crippen LogP contribution in [0, 0.1) is 0 Å². The van der Waals surface area contributed by atoms with Crippen LogP contribution in [0.1, 0.15) is 16.7 Å². The zero-order chi connectivity index (χ0) is 22.1. The van der Waals surface area contributed by atoms with Crippen molar-refractivity contribution in [1.82, 2.24) is 0 Å². The molecule has 9 heteroatoms. The van der Waals surface area contributed by atoms with Gasteiger partial charge in [0.25, 0.3) is 0 Å². The van der Waals surface area contributed by atoms with E-state index in [0.717, 1.165) is 16.7 Å². The van der Waals surface area contributed by atoms with E-state index in [2.05, 4.69) is 10.0 Å². The smallest absolute Gasteiger partial charge is 0.186 e. The van der Waals surface area contributed by atoms with E-state index >= 15 is 0 Å². The van der Waals surface area contributed by atoms with Gasteiger partial charge in [0.15, 0.2) is 6.29 Å². The lowest BCUT2D eigenvalue weighted by Gasteiger charge is -2.43. The van der Waals surface area contributed by atoms with Crippen LogP contribution in [0.3, 0.4) is 0 Å². The van der Waals surface area contributed by atoms with E-state index in [1.54, 1.807) is 0 Å². The summed E-state index contributed by atoms with van der Waals surface area (Å²) in [6.07, 6.45) is -4.36. The van der Waals surface area contributed by atoms with Gasteiger partial charge in [-0.2, -0.15) is 0 Å². The van der Waals surface area contributed by atoms with Crippen molar-refractivity contribution in [2.45, 2.75) is 50.5 Å². The Kier molecular flexibility index (Phi) is 8.81. The Morgan fingerprint density at radius 3 is 2.35 bits per heavy atom. The molecule has 0 unspecified atom stereocenters. The van der Waals surface area contributed by atoms with Crippen molar-refractivity contribution in [3.8, 4) is 0 Å². The highest BCUT2D eigenvalue weighted by molar-refractivity contribution is 5.26. The highest BCUT2D eigenvalue weighted by Gasteiger charge is 2.47. The normalized spacial score (nSPS) is 25.7. The highest BCUT2D eigenvalue weighted by Crippen LogP contribution is 2.28. The fourth-order valence-corrected chi connectivity index (χ4v) is 3.51. The zero-order valence-electron chi connectivity index (χ0n) is 17.3. The largest absolute Gasteiger partial charge is 0.394 e. The van der Waals surface area contributed by atoms with E-state index < -0.39 is 30.7 Å². The number of benzene rings is 2. The number of aliphatic hydroxyl groups is 2. The van der Waals surface area contributed by atoms with Crippen LogP contribution in [-0.2, 0) is 38.7 Å². The Morgan fingerprint density at radius 2 is 1.68 bits per heavy atom. The first kappa shape index (κ1) is 23.2. The summed E-state index contributed by atoms with van der Waals surface area (Å²) in [5.74, 6) is 0. The Morgan fingerprint density at radius 1 is 1.00 bits per heavy atom. The Balaban J connectivity index is 1.77. The molecule has 1 saturated heterocycles. The van der Waals surface area contributed by atoms with Gasteiger partial charge in [-0.1, -0.05) is 59.7 Å². The SMILES string of the molecule is CO[C@H]1O[C@H](CO)[C@@H](O)[C@H](OCc2ccccc2CN=[N+]=[N-])[C@H]1OCc1ccccc1. The number of hydrogen-bond donors (Lipinski definition) is 2. The molecular formula is C22H27N3O6. The van der Waals surface area contributed by atoms with Gasteiger partial charge >= 0.3 is 0 Å². The van der Waals surface area contributed by atoms with Crippen molar-refractivity contribution >= 4 is 0 Å². The number of hydrogen-bond acceptors (Lipinski definition) is 7. The van der Waals surface area contributed by atoms with Crippen LogP contribution >= 0.6 is 0 Å². The topological polar surface area (TPSA) is 126 Å². The molecule has 2 N–H and O–H groups in total. The maximum atomic E-state index is 10.8. The molecule has 31 heavy (non-hydrogen) atoms. The minimum absolute atomic E-state index is 0.151. The van der Waals surface area contributed by atoms with Crippen molar-refractivity contribution < 1.29 is 29.2 Å². The number of methoxy groups -OCH3 is 1. The van der Waals surface area contributed by atoms with Gasteiger partial charge in [0, 0.05) is 12.0 Å². The molecule has 9 nitrogen and oxygen atoms in total. The maximum Gasteiger partial charge on any atom is 0.186 e. The fourth-order valence-electron chi connectivity index (χ4n) is 3.51. The van der Waals surface area contributed by atoms with E-state index in [1.807, 2.05) is 54.6 Å². The molecule has 166 valence electrons. The predicted octanol–water partition coefficient (Wildman–Crippen LogP) is 2.69. The van der Waals surface area contributed by atoms with Crippen molar-refractivity contribution in [3.05, 3.63) is 81.7 Å². The second-order valence-corrected chi connectivity index (χ2v) is 7.15. The summed E-state index contributed by atoms with van der Waals surface area (Å²) in [4.78, 5) is 2.80. The highest BCUT2D eigenvalue weighted by atomic mass is 16.7. The molecule has 0 aromatic heterocycles. The van der Waals surface area contributed by atoms with E-state index in [0.29, 0.717) is 0 Å². The summed E-state index contributed by atoms with van der Waals surface area (Å²) in [7, 11) is 1.47. The summed E-state index contributed by atoms with van der Waals surface area (Å²) in [5.41, 5.74) is 11.2. The van der Waals surface area contributed by atoms with Gasteiger partial charge in [0.2, 0.25) is 0 Å². The van der Waals surface area contributed by atoms with Gasteiger partial charge in [-0.25, -0.2) is 0 Å². The zero-order valence-corrected chi connectivity index (χ0v) is 17.3. The van der Waals surface area contributed by atoms with Crippen molar-refractivity contribution in [2.75, 3.05) is 13.7 Å². The summed E-state index contributed by atoms with van der Waals surface area (Å²) < 4.78 is 23.2. The molecule has 0 saturated carbocycles. The van der Waals surface area contributed by atoms with E-state index in [1.165, 1.54) is 7.11 Å².